The van der Waals surface area contributed by atoms with Gasteiger partial charge in [0.2, 0.25) is 0 Å². The summed E-state index contributed by atoms with van der Waals surface area (Å²) in [7, 11) is 2.11. The Hall–Kier alpha value is -1.71. The second-order valence-electron chi connectivity index (χ2n) is 5.78. The number of hydrogen-bond acceptors (Lipinski definition) is 3. The fraction of sp³-hybridized carbons (Fsp3) is 0.389. The number of nitrogens with zero attached hydrogens (tertiary/aromatic N) is 2. The maximum atomic E-state index is 6.05. The minimum absolute atomic E-state index is 0.214. The van der Waals surface area contributed by atoms with E-state index in [-0.39, 0.29) is 6.04 Å². The van der Waals surface area contributed by atoms with Crippen molar-refractivity contribution < 1.29 is 0 Å². The molecule has 3 nitrogen and oxygen atoms in total. The van der Waals surface area contributed by atoms with Gasteiger partial charge in [-0.05, 0) is 62.2 Å². The summed E-state index contributed by atoms with van der Waals surface area (Å²) < 4.78 is 0. The van der Waals surface area contributed by atoms with E-state index in [4.69, 9.17) is 5.73 Å². The minimum atomic E-state index is 0.214. The normalized spacial score (nSPS) is 12.7. The summed E-state index contributed by atoms with van der Waals surface area (Å²) in [5, 5.41) is 0. The van der Waals surface area contributed by atoms with Crippen LogP contribution in [0.2, 0.25) is 0 Å². The molecule has 0 spiro atoms. The minimum Gasteiger partial charge on any atom is -0.329 e. The van der Waals surface area contributed by atoms with E-state index in [0.29, 0.717) is 6.54 Å². The van der Waals surface area contributed by atoms with E-state index in [9.17, 15) is 0 Å². The smallest absolute Gasteiger partial charge is 0.0544 e. The first-order valence-corrected chi connectivity index (χ1v) is 7.41. The molecule has 112 valence electrons. The number of nitrogens with two attached hydrogens (primary N) is 1. The third-order valence-corrected chi connectivity index (χ3v) is 4.13. The maximum absolute atomic E-state index is 6.05. The van der Waals surface area contributed by atoms with Crippen LogP contribution in [0.4, 0.5) is 0 Å². The van der Waals surface area contributed by atoms with E-state index in [1.165, 1.54) is 22.3 Å². The van der Waals surface area contributed by atoms with Crippen LogP contribution in [0.5, 0.6) is 0 Å². The van der Waals surface area contributed by atoms with Gasteiger partial charge in [-0.2, -0.15) is 0 Å². The SMILES string of the molecule is Cc1cc(C)c(C(CN)N(C)Cc2ccccn2)cc1C. The molecule has 2 aromatic rings. The number of benzene rings is 1. The van der Waals surface area contributed by atoms with Gasteiger partial charge in [0.05, 0.1) is 5.69 Å². The zero-order valence-corrected chi connectivity index (χ0v) is 13.4. The molecule has 21 heavy (non-hydrogen) atoms. The molecule has 2 N–H and O–H groups in total. The molecule has 0 radical (unpaired) electrons. The Morgan fingerprint density at radius 3 is 2.43 bits per heavy atom. The van der Waals surface area contributed by atoms with Crippen LogP contribution >= 0.6 is 0 Å². The van der Waals surface area contributed by atoms with Crippen molar-refractivity contribution in [1.29, 1.82) is 0 Å². The first kappa shape index (κ1) is 15.7. The molecular formula is C18H25N3. The van der Waals surface area contributed by atoms with Crippen LogP contribution in [-0.2, 0) is 6.54 Å². The Morgan fingerprint density at radius 2 is 1.81 bits per heavy atom. The van der Waals surface area contributed by atoms with E-state index in [1.54, 1.807) is 0 Å². The Labute approximate surface area is 127 Å². The summed E-state index contributed by atoms with van der Waals surface area (Å²) >= 11 is 0. The van der Waals surface area contributed by atoms with Gasteiger partial charge < -0.3 is 5.73 Å². The highest BCUT2D eigenvalue weighted by Gasteiger charge is 2.18. The average Bonchev–Trinajstić information content (AvgIpc) is 2.46. The number of aromatic nitrogens is 1. The van der Waals surface area contributed by atoms with Crippen LogP contribution in [-0.4, -0.2) is 23.5 Å². The number of likely N-dealkylation sites (N-methyl/N-ethyl adjacent to an activating group) is 1. The van der Waals surface area contributed by atoms with Crippen LogP contribution in [0.1, 0.15) is 34.0 Å². The lowest BCUT2D eigenvalue weighted by atomic mass is 9.95. The summed E-state index contributed by atoms with van der Waals surface area (Å²) in [6.45, 7) is 7.88. The predicted molar refractivity (Wildman–Crippen MR) is 88.2 cm³/mol. The molecule has 1 unspecified atom stereocenters. The van der Waals surface area contributed by atoms with Crippen molar-refractivity contribution in [3.05, 3.63) is 64.5 Å². The van der Waals surface area contributed by atoms with Gasteiger partial charge in [-0.1, -0.05) is 18.2 Å². The fourth-order valence-corrected chi connectivity index (χ4v) is 2.74. The highest BCUT2D eigenvalue weighted by molar-refractivity contribution is 5.38. The highest BCUT2D eigenvalue weighted by atomic mass is 15.1. The fourth-order valence-electron chi connectivity index (χ4n) is 2.74. The lowest BCUT2D eigenvalue weighted by Gasteiger charge is -2.29. The van der Waals surface area contributed by atoms with E-state index in [2.05, 4.69) is 55.9 Å². The monoisotopic (exact) mass is 283 g/mol. The van der Waals surface area contributed by atoms with Gasteiger partial charge >= 0.3 is 0 Å². The molecule has 0 bridgehead atoms. The molecule has 0 aliphatic heterocycles. The van der Waals surface area contributed by atoms with Crippen LogP contribution in [0.3, 0.4) is 0 Å². The molecule has 0 aliphatic carbocycles. The summed E-state index contributed by atoms with van der Waals surface area (Å²) in [5.41, 5.74) is 12.4. The maximum Gasteiger partial charge on any atom is 0.0544 e. The lowest BCUT2D eigenvalue weighted by Crippen LogP contribution is -2.31. The van der Waals surface area contributed by atoms with Crippen molar-refractivity contribution in [3.63, 3.8) is 0 Å². The van der Waals surface area contributed by atoms with Crippen molar-refractivity contribution in [3.8, 4) is 0 Å². The average molecular weight is 283 g/mol. The molecule has 1 aromatic carbocycles. The Bertz CT molecular complexity index is 593. The van der Waals surface area contributed by atoms with Crippen molar-refractivity contribution in [1.82, 2.24) is 9.88 Å². The highest BCUT2D eigenvalue weighted by Crippen LogP contribution is 2.26. The van der Waals surface area contributed by atoms with Crippen LogP contribution in [0.15, 0.2) is 36.5 Å². The topological polar surface area (TPSA) is 42.1 Å². The van der Waals surface area contributed by atoms with Gasteiger partial charge in [0, 0.05) is 25.3 Å². The lowest BCUT2D eigenvalue weighted by molar-refractivity contribution is 0.238. The van der Waals surface area contributed by atoms with Gasteiger partial charge in [0.15, 0.2) is 0 Å². The van der Waals surface area contributed by atoms with Crippen LogP contribution < -0.4 is 5.73 Å². The number of pyridine rings is 1. The van der Waals surface area contributed by atoms with E-state index >= 15 is 0 Å². The molecule has 1 heterocycles. The van der Waals surface area contributed by atoms with Crippen molar-refractivity contribution in [2.75, 3.05) is 13.6 Å². The number of rotatable bonds is 5. The number of hydrogen-bond donors (Lipinski definition) is 1. The molecule has 0 saturated carbocycles. The van der Waals surface area contributed by atoms with Gasteiger partial charge in [0.1, 0.15) is 0 Å². The zero-order valence-electron chi connectivity index (χ0n) is 13.4. The third kappa shape index (κ3) is 3.69. The molecule has 0 fully saturated rings. The first-order valence-electron chi connectivity index (χ1n) is 7.41. The first-order chi connectivity index (χ1) is 10.0. The predicted octanol–water partition coefficient (Wildman–Crippen LogP) is 3.14. The number of aryl methyl sites for hydroxylation is 3. The van der Waals surface area contributed by atoms with Crippen LogP contribution in [0, 0.1) is 20.8 Å². The molecule has 3 heteroatoms. The Morgan fingerprint density at radius 1 is 1.10 bits per heavy atom. The second kappa shape index (κ2) is 6.83. The van der Waals surface area contributed by atoms with Crippen molar-refractivity contribution in [2.24, 2.45) is 5.73 Å². The molecular weight excluding hydrogens is 258 g/mol. The van der Waals surface area contributed by atoms with E-state index in [0.717, 1.165) is 12.2 Å². The second-order valence-corrected chi connectivity index (χ2v) is 5.78. The standard InChI is InChI=1S/C18H25N3/c1-13-9-15(3)17(10-14(13)2)18(11-19)21(4)12-16-7-5-6-8-20-16/h5-10,18H,11-12,19H2,1-4H3. The van der Waals surface area contributed by atoms with Gasteiger partial charge in [0.25, 0.3) is 0 Å². The molecule has 0 aliphatic rings. The molecule has 0 amide bonds. The van der Waals surface area contributed by atoms with Crippen LogP contribution in [0.25, 0.3) is 0 Å². The van der Waals surface area contributed by atoms with Gasteiger partial charge in [-0.3, -0.25) is 9.88 Å². The van der Waals surface area contributed by atoms with E-state index < -0.39 is 0 Å². The molecule has 1 aromatic heterocycles. The largest absolute Gasteiger partial charge is 0.329 e. The summed E-state index contributed by atoms with van der Waals surface area (Å²) in [6.07, 6.45) is 1.84. The van der Waals surface area contributed by atoms with Crippen molar-refractivity contribution in [2.45, 2.75) is 33.4 Å². The Kier molecular flexibility index (Phi) is 5.10. The quantitative estimate of drug-likeness (QED) is 0.916. The zero-order chi connectivity index (χ0) is 15.4. The molecule has 0 saturated heterocycles. The molecule has 1 atom stereocenters. The van der Waals surface area contributed by atoms with Gasteiger partial charge in [-0.15, -0.1) is 0 Å². The van der Waals surface area contributed by atoms with Crippen molar-refractivity contribution >= 4 is 0 Å². The Balaban J connectivity index is 2.25. The summed E-state index contributed by atoms with van der Waals surface area (Å²) in [4.78, 5) is 6.68. The van der Waals surface area contributed by atoms with Gasteiger partial charge in [-0.25, -0.2) is 0 Å². The molecule has 2 rings (SSSR count). The summed E-state index contributed by atoms with van der Waals surface area (Å²) in [6, 6.07) is 10.8. The third-order valence-electron chi connectivity index (χ3n) is 4.13. The summed E-state index contributed by atoms with van der Waals surface area (Å²) in [5.74, 6) is 0. The van der Waals surface area contributed by atoms with E-state index in [1.807, 2.05) is 18.3 Å².